The second-order valence-corrected chi connectivity index (χ2v) is 4.21. The first-order valence-corrected chi connectivity index (χ1v) is 5.52. The Morgan fingerprint density at radius 3 is 2.64 bits per heavy atom. The van der Waals surface area contributed by atoms with Crippen molar-refractivity contribution in [2.24, 2.45) is 0 Å². The first kappa shape index (κ1) is 11.5. The maximum Gasteiger partial charge on any atom is 0.0409 e. The van der Waals surface area contributed by atoms with Gasteiger partial charge >= 0.3 is 0 Å². The Labute approximate surface area is 91.5 Å². The minimum atomic E-state index is 0.530. The van der Waals surface area contributed by atoms with Gasteiger partial charge in [0.2, 0.25) is 0 Å². The summed E-state index contributed by atoms with van der Waals surface area (Å²) in [5.74, 6) is 0.530. The topological polar surface area (TPSA) is 12.0 Å². The fraction of sp³-hybridized carbons (Fsp3) is 0.500. The van der Waals surface area contributed by atoms with Crippen LogP contribution in [0.5, 0.6) is 0 Å². The second kappa shape index (κ2) is 5.38. The number of hydrogen-bond donors (Lipinski definition) is 1. The maximum atomic E-state index is 5.97. The van der Waals surface area contributed by atoms with E-state index in [1.165, 1.54) is 11.1 Å². The van der Waals surface area contributed by atoms with Gasteiger partial charge in [0, 0.05) is 11.6 Å². The summed E-state index contributed by atoms with van der Waals surface area (Å²) in [5, 5.41) is 4.16. The molecule has 0 amide bonds. The zero-order valence-corrected chi connectivity index (χ0v) is 9.86. The Bertz CT molecular complexity index is 294. The predicted octanol–water partition coefficient (Wildman–Crippen LogP) is 3.57. The van der Waals surface area contributed by atoms with Crippen LogP contribution in [0.25, 0.3) is 0 Å². The molecule has 1 nitrogen and oxygen atoms in total. The summed E-state index contributed by atoms with van der Waals surface area (Å²) in [7, 11) is 0. The molecule has 0 heterocycles. The average Bonchev–Trinajstić information content (AvgIpc) is 2.15. The van der Waals surface area contributed by atoms with Crippen LogP contribution in [0.3, 0.4) is 0 Å². The molecular formula is C12H18ClN. The van der Waals surface area contributed by atoms with E-state index < -0.39 is 0 Å². The molecule has 78 valence electrons. The van der Waals surface area contributed by atoms with E-state index in [9.17, 15) is 0 Å². The van der Waals surface area contributed by atoms with Crippen LogP contribution < -0.4 is 5.32 Å². The zero-order valence-electron chi connectivity index (χ0n) is 9.10. The highest BCUT2D eigenvalue weighted by Crippen LogP contribution is 2.23. The lowest BCUT2D eigenvalue weighted by Gasteiger charge is -2.13. The molecule has 0 aromatic heterocycles. The van der Waals surface area contributed by atoms with Gasteiger partial charge in [-0.1, -0.05) is 38.4 Å². The minimum absolute atomic E-state index is 0.530. The first-order chi connectivity index (χ1) is 6.65. The van der Waals surface area contributed by atoms with E-state index >= 15 is 0 Å². The third-order valence-electron chi connectivity index (χ3n) is 2.30. The molecule has 0 fully saturated rings. The van der Waals surface area contributed by atoms with E-state index in [-0.39, 0.29) is 0 Å². The molecule has 2 heteroatoms. The highest BCUT2D eigenvalue weighted by atomic mass is 35.5. The summed E-state index contributed by atoms with van der Waals surface area (Å²) in [6, 6.07) is 6.14. The fourth-order valence-electron chi connectivity index (χ4n) is 1.52. The van der Waals surface area contributed by atoms with Gasteiger partial charge in [0.1, 0.15) is 0 Å². The molecule has 0 aliphatic heterocycles. The largest absolute Gasteiger partial charge is 0.313 e. The highest BCUT2D eigenvalue weighted by Gasteiger charge is 2.06. The van der Waals surface area contributed by atoms with E-state index in [0.717, 1.165) is 18.1 Å². The van der Waals surface area contributed by atoms with Gasteiger partial charge in [-0.3, -0.25) is 0 Å². The Balaban J connectivity index is 2.90. The Kier molecular flexibility index (Phi) is 4.43. The summed E-state index contributed by atoms with van der Waals surface area (Å²) < 4.78 is 0. The Morgan fingerprint density at radius 2 is 2.07 bits per heavy atom. The molecule has 0 aliphatic carbocycles. The van der Waals surface area contributed by atoms with Crippen molar-refractivity contribution in [2.75, 3.05) is 6.54 Å². The van der Waals surface area contributed by atoms with Crippen LogP contribution in [-0.2, 0) is 6.54 Å². The molecule has 0 spiro atoms. The third kappa shape index (κ3) is 3.00. The number of nitrogens with one attached hydrogen (secondary N) is 1. The molecule has 1 N–H and O–H groups in total. The van der Waals surface area contributed by atoms with Gasteiger partial charge in [0.25, 0.3) is 0 Å². The van der Waals surface area contributed by atoms with Crippen molar-refractivity contribution < 1.29 is 0 Å². The van der Waals surface area contributed by atoms with Crippen molar-refractivity contribution in [1.29, 1.82) is 0 Å². The van der Waals surface area contributed by atoms with Gasteiger partial charge in [-0.25, -0.2) is 0 Å². The molecular weight excluding hydrogens is 194 g/mol. The lowest BCUT2D eigenvalue weighted by molar-refractivity contribution is 0.710. The summed E-state index contributed by atoms with van der Waals surface area (Å²) in [6.07, 6.45) is 0. The van der Waals surface area contributed by atoms with Crippen LogP contribution in [0.1, 0.15) is 37.8 Å². The first-order valence-electron chi connectivity index (χ1n) is 5.14. The van der Waals surface area contributed by atoms with E-state index in [1.54, 1.807) is 0 Å². The van der Waals surface area contributed by atoms with Crippen molar-refractivity contribution in [2.45, 2.75) is 33.2 Å². The molecule has 0 saturated carbocycles. The van der Waals surface area contributed by atoms with Crippen molar-refractivity contribution in [3.8, 4) is 0 Å². The van der Waals surface area contributed by atoms with Gasteiger partial charge in [-0.2, -0.15) is 0 Å². The number of rotatable bonds is 4. The lowest BCUT2D eigenvalue weighted by atomic mass is 9.97. The fourth-order valence-corrected chi connectivity index (χ4v) is 1.70. The van der Waals surface area contributed by atoms with Crippen molar-refractivity contribution >= 4 is 11.6 Å². The molecule has 0 radical (unpaired) electrons. The molecule has 1 rings (SSSR count). The monoisotopic (exact) mass is 211 g/mol. The predicted molar refractivity (Wildman–Crippen MR) is 62.9 cm³/mol. The quantitative estimate of drug-likeness (QED) is 0.803. The van der Waals surface area contributed by atoms with E-state index in [0.29, 0.717) is 5.92 Å². The average molecular weight is 212 g/mol. The smallest absolute Gasteiger partial charge is 0.0409 e. The Hall–Kier alpha value is -0.530. The summed E-state index contributed by atoms with van der Waals surface area (Å²) >= 11 is 5.97. The molecule has 0 unspecified atom stereocenters. The zero-order chi connectivity index (χ0) is 10.6. The normalized spacial score (nSPS) is 10.9. The van der Waals surface area contributed by atoms with E-state index in [4.69, 9.17) is 11.6 Å². The van der Waals surface area contributed by atoms with Crippen LogP contribution >= 0.6 is 11.6 Å². The van der Waals surface area contributed by atoms with Crippen LogP contribution in [0.4, 0.5) is 0 Å². The third-order valence-corrected chi connectivity index (χ3v) is 2.53. The highest BCUT2D eigenvalue weighted by molar-refractivity contribution is 6.30. The molecule has 1 aromatic carbocycles. The van der Waals surface area contributed by atoms with Gasteiger partial charge < -0.3 is 5.32 Å². The lowest BCUT2D eigenvalue weighted by Crippen LogP contribution is -2.13. The number of hydrogen-bond acceptors (Lipinski definition) is 1. The van der Waals surface area contributed by atoms with Gasteiger partial charge in [0.05, 0.1) is 0 Å². The van der Waals surface area contributed by atoms with Crippen molar-refractivity contribution in [3.63, 3.8) is 0 Å². The van der Waals surface area contributed by atoms with Crippen molar-refractivity contribution in [3.05, 3.63) is 34.3 Å². The SMILES string of the molecule is CCNCc1ccc(Cl)cc1C(C)C. The second-order valence-electron chi connectivity index (χ2n) is 3.78. The van der Waals surface area contributed by atoms with E-state index in [2.05, 4.69) is 38.2 Å². The van der Waals surface area contributed by atoms with Crippen LogP contribution in [-0.4, -0.2) is 6.54 Å². The minimum Gasteiger partial charge on any atom is -0.313 e. The molecule has 14 heavy (non-hydrogen) atoms. The van der Waals surface area contributed by atoms with Gasteiger partial charge in [-0.05, 0) is 35.7 Å². The summed E-state index contributed by atoms with van der Waals surface area (Å²) in [6.45, 7) is 8.44. The molecule has 1 aromatic rings. The number of halogens is 1. The standard InChI is InChI=1S/C12H18ClN/c1-4-14-8-10-5-6-11(13)7-12(10)9(2)3/h5-7,9,14H,4,8H2,1-3H3. The maximum absolute atomic E-state index is 5.97. The summed E-state index contributed by atoms with van der Waals surface area (Å²) in [4.78, 5) is 0. The van der Waals surface area contributed by atoms with Gasteiger partial charge in [-0.15, -0.1) is 0 Å². The molecule has 0 aliphatic rings. The number of benzene rings is 1. The molecule has 0 saturated heterocycles. The van der Waals surface area contributed by atoms with Crippen LogP contribution in [0.2, 0.25) is 5.02 Å². The summed E-state index contributed by atoms with van der Waals surface area (Å²) in [5.41, 5.74) is 2.70. The molecule has 0 bridgehead atoms. The molecule has 0 atom stereocenters. The van der Waals surface area contributed by atoms with Crippen LogP contribution in [0, 0.1) is 0 Å². The van der Waals surface area contributed by atoms with Gasteiger partial charge in [0.15, 0.2) is 0 Å². The Morgan fingerprint density at radius 1 is 1.36 bits per heavy atom. The van der Waals surface area contributed by atoms with Crippen molar-refractivity contribution in [1.82, 2.24) is 5.32 Å². The van der Waals surface area contributed by atoms with E-state index in [1.807, 2.05) is 6.07 Å². The van der Waals surface area contributed by atoms with Crippen LogP contribution in [0.15, 0.2) is 18.2 Å².